The number of benzene rings is 2. The number of hydrogen-bond donors (Lipinski definition) is 3. The summed E-state index contributed by atoms with van der Waals surface area (Å²) in [5.41, 5.74) is 1.97. The zero-order valence-electron chi connectivity index (χ0n) is 14.6. The average Bonchev–Trinajstić information content (AvgIpc) is 2.59. The molecule has 0 radical (unpaired) electrons. The number of aryl methyl sites for hydroxylation is 1. The van der Waals surface area contributed by atoms with E-state index in [0.717, 1.165) is 24.2 Å². The number of nitrogens with one attached hydrogen (secondary N) is 1. The van der Waals surface area contributed by atoms with E-state index in [1.165, 1.54) is 5.56 Å². The topological polar surface area (TPSA) is 61.7 Å². The zero-order chi connectivity index (χ0) is 17.6. The molecule has 0 spiro atoms. The van der Waals surface area contributed by atoms with Crippen LogP contribution in [0.15, 0.2) is 48.5 Å². The SMILES string of the molecule is COc1ccc(C(O)CNC(C)(C)CCc2ccc(O)cc2)cc1. The molecule has 130 valence electrons. The second kappa shape index (κ2) is 8.18. The largest absolute Gasteiger partial charge is 0.508 e. The number of aliphatic hydroxyl groups excluding tert-OH is 1. The molecule has 0 heterocycles. The first kappa shape index (κ1) is 18.3. The highest BCUT2D eigenvalue weighted by Crippen LogP contribution is 2.20. The third-order valence-corrected chi connectivity index (χ3v) is 4.25. The second-order valence-electron chi connectivity index (χ2n) is 6.72. The van der Waals surface area contributed by atoms with E-state index < -0.39 is 6.10 Å². The fourth-order valence-electron chi connectivity index (χ4n) is 2.52. The van der Waals surface area contributed by atoms with Gasteiger partial charge in [0.2, 0.25) is 0 Å². The first-order chi connectivity index (χ1) is 11.4. The van der Waals surface area contributed by atoms with Gasteiger partial charge in [-0.15, -0.1) is 0 Å². The van der Waals surface area contributed by atoms with E-state index in [-0.39, 0.29) is 5.54 Å². The van der Waals surface area contributed by atoms with Gasteiger partial charge in [0.1, 0.15) is 11.5 Å². The maximum Gasteiger partial charge on any atom is 0.118 e. The van der Waals surface area contributed by atoms with Crippen LogP contribution in [-0.4, -0.2) is 29.4 Å². The van der Waals surface area contributed by atoms with Crippen LogP contribution in [-0.2, 0) is 6.42 Å². The number of methoxy groups -OCH3 is 1. The Morgan fingerprint density at radius 2 is 1.67 bits per heavy atom. The van der Waals surface area contributed by atoms with Crippen molar-refractivity contribution in [3.05, 3.63) is 59.7 Å². The van der Waals surface area contributed by atoms with Crippen LogP contribution < -0.4 is 10.1 Å². The summed E-state index contributed by atoms with van der Waals surface area (Å²) in [4.78, 5) is 0. The summed E-state index contributed by atoms with van der Waals surface area (Å²) in [5.74, 6) is 1.08. The second-order valence-corrected chi connectivity index (χ2v) is 6.72. The molecule has 4 nitrogen and oxygen atoms in total. The van der Waals surface area contributed by atoms with Gasteiger partial charge in [-0.1, -0.05) is 24.3 Å². The van der Waals surface area contributed by atoms with Crippen LogP contribution in [0.4, 0.5) is 0 Å². The lowest BCUT2D eigenvalue weighted by Gasteiger charge is -2.28. The van der Waals surface area contributed by atoms with Gasteiger partial charge in [0.25, 0.3) is 0 Å². The van der Waals surface area contributed by atoms with Crippen LogP contribution in [0.5, 0.6) is 11.5 Å². The number of rotatable bonds is 8. The van der Waals surface area contributed by atoms with Gasteiger partial charge in [0.05, 0.1) is 13.2 Å². The number of phenols is 1. The highest BCUT2D eigenvalue weighted by Gasteiger charge is 2.19. The zero-order valence-corrected chi connectivity index (χ0v) is 14.6. The number of aliphatic hydroxyl groups is 1. The van der Waals surface area contributed by atoms with E-state index in [4.69, 9.17) is 4.74 Å². The minimum absolute atomic E-state index is 0.0919. The summed E-state index contributed by atoms with van der Waals surface area (Å²) in [5, 5.41) is 23.1. The summed E-state index contributed by atoms with van der Waals surface area (Å²) in [6.07, 6.45) is 1.30. The van der Waals surface area contributed by atoms with E-state index in [0.29, 0.717) is 12.3 Å². The fraction of sp³-hybridized carbons (Fsp3) is 0.400. The molecular formula is C20H27NO3. The Bertz CT molecular complexity index is 620. The summed E-state index contributed by atoms with van der Waals surface area (Å²) in [7, 11) is 1.63. The molecule has 4 heteroatoms. The number of phenolic OH excluding ortho intramolecular Hbond substituents is 1. The van der Waals surface area contributed by atoms with Crippen LogP contribution in [0, 0.1) is 0 Å². The first-order valence-corrected chi connectivity index (χ1v) is 8.24. The molecule has 0 fully saturated rings. The van der Waals surface area contributed by atoms with Crippen LogP contribution in [0.25, 0.3) is 0 Å². The van der Waals surface area contributed by atoms with E-state index in [1.54, 1.807) is 19.2 Å². The molecule has 0 bridgehead atoms. The summed E-state index contributed by atoms with van der Waals surface area (Å²) in [6, 6.07) is 14.8. The molecule has 0 aliphatic rings. The van der Waals surface area contributed by atoms with Crippen molar-refractivity contribution in [1.29, 1.82) is 0 Å². The maximum atomic E-state index is 10.3. The molecule has 0 aliphatic carbocycles. The van der Waals surface area contributed by atoms with E-state index in [9.17, 15) is 10.2 Å². The Kier molecular flexibility index (Phi) is 6.23. The normalized spacial score (nSPS) is 12.8. The van der Waals surface area contributed by atoms with Crippen molar-refractivity contribution in [3.8, 4) is 11.5 Å². The summed E-state index contributed by atoms with van der Waals surface area (Å²) in [6.45, 7) is 4.76. The molecule has 1 atom stereocenters. The lowest BCUT2D eigenvalue weighted by Crippen LogP contribution is -2.41. The number of ether oxygens (including phenoxy) is 1. The Balaban J connectivity index is 1.83. The Morgan fingerprint density at radius 3 is 2.25 bits per heavy atom. The predicted octanol–water partition coefficient (Wildman–Crippen LogP) is 3.44. The third kappa shape index (κ3) is 5.55. The average molecular weight is 329 g/mol. The number of aromatic hydroxyl groups is 1. The van der Waals surface area contributed by atoms with Gasteiger partial charge < -0.3 is 20.3 Å². The van der Waals surface area contributed by atoms with Crippen molar-refractivity contribution in [2.75, 3.05) is 13.7 Å². The fourth-order valence-corrected chi connectivity index (χ4v) is 2.52. The van der Waals surface area contributed by atoms with Crippen molar-refractivity contribution < 1.29 is 14.9 Å². The minimum Gasteiger partial charge on any atom is -0.508 e. The van der Waals surface area contributed by atoms with Crippen molar-refractivity contribution >= 4 is 0 Å². The Labute approximate surface area is 144 Å². The highest BCUT2D eigenvalue weighted by molar-refractivity contribution is 5.28. The number of β-amino-alcohol motifs (C(OH)–C–C–N with tert-alkyl or cyclic N) is 1. The van der Waals surface area contributed by atoms with Gasteiger partial charge >= 0.3 is 0 Å². The van der Waals surface area contributed by atoms with Crippen LogP contribution in [0.3, 0.4) is 0 Å². The van der Waals surface area contributed by atoms with Crippen molar-refractivity contribution in [2.45, 2.75) is 38.3 Å². The van der Waals surface area contributed by atoms with Crippen molar-refractivity contribution in [3.63, 3.8) is 0 Å². The van der Waals surface area contributed by atoms with Gasteiger partial charge in [0, 0.05) is 12.1 Å². The molecular weight excluding hydrogens is 302 g/mol. The van der Waals surface area contributed by atoms with Gasteiger partial charge in [-0.2, -0.15) is 0 Å². The predicted molar refractivity (Wildman–Crippen MR) is 96.5 cm³/mol. The molecule has 0 amide bonds. The van der Waals surface area contributed by atoms with Gasteiger partial charge in [-0.3, -0.25) is 0 Å². The molecule has 0 saturated heterocycles. The van der Waals surface area contributed by atoms with Crippen LogP contribution >= 0.6 is 0 Å². The monoisotopic (exact) mass is 329 g/mol. The highest BCUT2D eigenvalue weighted by atomic mass is 16.5. The molecule has 2 rings (SSSR count). The van der Waals surface area contributed by atoms with Crippen LogP contribution in [0.2, 0.25) is 0 Å². The Hall–Kier alpha value is -2.04. The van der Waals surface area contributed by atoms with Gasteiger partial charge in [-0.05, 0) is 62.1 Å². The van der Waals surface area contributed by atoms with Gasteiger partial charge in [0.15, 0.2) is 0 Å². The lowest BCUT2D eigenvalue weighted by molar-refractivity contribution is 0.159. The van der Waals surface area contributed by atoms with Crippen LogP contribution in [0.1, 0.15) is 37.5 Å². The van der Waals surface area contributed by atoms with E-state index >= 15 is 0 Å². The Morgan fingerprint density at radius 1 is 1.04 bits per heavy atom. The minimum atomic E-state index is -0.552. The number of hydrogen-bond acceptors (Lipinski definition) is 4. The molecule has 0 aliphatic heterocycles. The van der Waals surface area contributed by atoms with Crippen molar-refractivity contribution in [2.24, 2.45) is 0 Å². The van der Waals surface area contributed by atoms with E-state index in [2.05, 4.69) is 19.2 Å². The van der Waals surface area contributed by atoms with E-state index in [1.807, 2.05) is 36.4 Å². The molecule has 0 aromatic heterocycles. The molecule has 2 aromatic carbocycles. The maximum absolute atomic E-state index is 10.3. The molecule has 0 saturated carbocycles. The summed E-state index contributed by atoms with van der Waals surface area (Å²) < 4.78 is 5.13. The quantitative estimate of drug-likeness (QED) is 0.694. The standard InChI is InChI=1S/C20H27NO3/c1-20(2,13-12-15-4-8-17(22)9-5-15)21-14-19(23)16-6-10-18(24-3)11-7-16/h4-11,19,21-23H,12-14H2,1-3H3. The van der Waals surface area contributed by atoms with Gasteiger partial charge in [-0.25, -0.2) is 0 Å². The molecule has 3 N–H and O–H groups in total. The molecule has 24 heavy (non-hydrogen) atoms. The smallest absolute Gasteiger partial charge is 0.118 e. The first-order valence-electron chi connectivity index (χ1n) is 8.24. The third-order valence-electron chi connectivity index (χ3n) is 4.25. The summed E-state index contributed by atoms with van der Waals surface area (Å²) >= 11 is 0. The van der Waals surface area contributed by atoms with Crippen molar-refractivity contribution in [1.82, 2.24) is 5.32 Å². The molecule has 2 aromatic rings. The molecule has 1 unspecified atom stereocenters. The lowest BCUT2D eigenvalue weighted by atomic mass is 9.94.